The largest absolute Gasteiger partial charge is 0.342 e. The summed E-state index contributed by atoms with van der Waals surface area (Å²) in [6, 6.07) is 10.8. The first-order valence-electron chi connectivity index (χ1n) is 9.21. The number of hydrogen-bond donors (Lipinski definition) is 0. The van der Waals surface area contributed by atoms with Crippen molar-refractivity contribution in [2.75, 3.05) is 13.1 Å². The zero-order valence-corrected chi connectivity index (χ0v) is 14.6. The third kappa shape index (κ3) is 2.27. The average molecular weight is 326 g/mol. The lowest BCUT2D eigenvalue weighted by Crippen LogP contribution is -2.68. The number of nitrogens with zero attached hydrogens (tertiary/aromatic N) is 2. The molecule has 1 spiro atoms. The molecule has 1 aliphatic carbocycles. The molecular formula is C20H26N2O2. The fourth-order valence-electron chi connectivity index (χ4n) is 4.54. The molecule has 1 atom stereocenters. The van der Waals surface area contributed by atoms with Gasteiger partial charge in [-0.1, -0.05) is 30.3 Å². The van der Waals surface area contributed by atoms with Gasteiger partial charge in [-0.15, -0.1) is 0 Å². The lowest BCUT2D eigenvalue weighted by Gasteiger charge is -2.60. The Balaban J connectivity index is 1.57. The van der Waals surface area contributed by atoms with Gasteiger partial charge in [0.1, 0.15) is 0 Å². The molecule has 3 fully saturated rings. The van der Waals surface area contributed by atoms with Crippen LogP contribution in [0.25, 0.3) is 0 Å². The normalized spacial score (nSPS) is 26.0. The number of carbonyl (C=O) groups is 2. The van der Waals surface area contributed by atoms with Crippen LogP contribution < -0.4 is 0 Å². The lowest BCUT2D eigenvalue weighted by atomic mass is 9.61. The highest BCUT2D eigenvalue weighted by molar-refractivity contribution is 5.91. The quantitative estimate of drug-likeness (QED) is 0.801. The summed E-state index contributed by atoms with van der Waals surface area (Å²) in [5.74, 6) is 0.867. The number of likely N-dealkylation sites (tertiary alicyclic amines) is 2. The Morgan fingerprint density at radius 3 is 2.29 bits per heavy atom. The third-order valence-electron chi connectivity index (χ3n) is 6.03. The van der Waals surface area contributed by atoms with Gasteiger partial charge in [-0.25, -0.2) is 0 Å². The highest BCUT2D eigenvalue weighted by Gasteiger charge is 2.62. The van der Waals surface area contributed by atoms with Crippen LogP contribution in [0.2, 0.25) is 0 Å². The van der Waals surface area contributed by atoms with Gasteiger partial charge in [0.15, 0.2) is 0 Å². The molecular weight excluding hydrogens is 300 g/mol. The first-order valence-corrected chi connectivity index (χ1v) is 9.21. The number of amides is 2. The SMILES string of the molecule is CC(C)N1C(=O)C2(CCN(C(=O)C3CC3)CC2)C1c1ccccc1. The van der Waals surface area contributed by atoms with Crippen LogP contribution in [0.4, 0.5) is 0 Å². The molecule has 2 aliphatic heterocycles. The molecule has 0 bridgehead atoms. The predicted molar refractivity (Wildman–Crippen MR) is 92.1 cm³/mol. The maximum absolute atomic E-state index is 13.0. The zero-order valence-electron chi connectivity index (χ0n) is 14.6. The Morgan fingerprint density at radius 1 is 1.12 bits per heavy atom. The minimum atomic E-state index is -0.300. The van der Waals surface area contributed by atoms with Crippen molar-refractivity contribution in [2.24, 2.45) is 11.3 Å². The van der Waals surface area contributed by atoms with Gasteiger partial charge in [0, 0.05) is 25.0 Å². The first kappa shape index (κ1) is 15.7. The van der Waals surface area contributed by atoms with Gasteiger partial charge in [0.2, 0.25) is 11.8 Å². The maximum Gasteiger partial charge on any atom is 0.232 e. The molecule has 4 heteroatoms. The van der Waals surface area contributed by atoms with Crippen molar-refractivity contribution in [1.29, 1.82) is 0 Å². The summed E-state index contributed by atoms with van der Waals surface area (Å²) >= 11 is 0. The van der Waals surface area contributed by atoms with Gasteiger partial charge in [-0.2, -0.15) is 0 Å². The molecule has 2 saturated heterocycles. The van der Waals surface area contributed by atoms with E-state index in [1.165, 1.54) is 5.56 Å². The fourth-order valence-corrected chi connectivity index (χ4v) is 4.54. The minimum absolute atomic E-state index is 0.157. The van der Waals surface area contributed by atoms with E-state index in [0.29, 0.717) is 5.91 Å². The molecule has 3 aliphatic rings. The fraction of sp³-hybridized carbons (Fsp3) is 0.600. The van der Waals surface area contributed by atoms with E-state index in [9.17, 15) is 9.59 Å². The smallest absolute Gasteiger partial charge is 0.232 e. The predicted octanol–water partition coefficient (Wildman–Crippen LogP) is 3.00. The summed E-state index contributed by atoms with van der Waals surface area (Å²) in [6.45, 7) is 5.64. The van der Waals surface area contributed by atoms with Crippen molar-refractivity contribution in [3.05, 3.63) is 35.9 Å². The monoisotopic (exact) mass is 326 g/mol. The second kappa shape index (κ2) is 5.61. The van der Waals surface area contributed by atoms with Crippen molar-refractivity contribution >= 4 is 11.8 Å². The van der Waals surface area contributed by atoms with Crippen molar-refractivity contribution in [3.63, 3.8) is 0 Å². The Hall–Kier alpha value is -1.84. The highest BCUT2D eigenvalue weighted by Crippen LogP contribution is 2.56. The van der Waals surface area contributed by atoms with E-state index in [0.717, 1.165) is 38.8 Å². The number of carbonyl (C=O) groups excluding carboxylic acids is 2. The van der Waals surface area contributed by atoms with Gasteiger partial charge in [-0.3, -0.25) is 9.59 Å². The number of benzene rings is 1. The summed E-state index contributed by atoms with van der Waals surface area (Å²) in [5, 5.41) is 0. The van der Waals surface area contributed by atoms with Crippen LogP contribution in [0.5, 0.6) is 0 Å². The zero-order chi connectivity index (χ0) is 16.9. The average Bonchev–Trinajstić information content (AvgIpc) is 3.44. The highest BCUT2D eigenvalue weighted by atomic mass is 16.2. The van der Waals surface area contributed by atoms with E-state index in [1.54, 1.807) is 0 Å². The second-order valence-corrected chi connectivity index (χ2v) is 7.88. The Morgan fingerprint density at radius 2 is 1.75 bits per heavy atom. The number of hydrogen-bond acceptors (Lipinski definition) is 2. The van der Waals surface area contributed by atoms with Crippen molar-refractivity contribution < 1.29 is 9.59 Å². The number of piperidine rings is 1. The summed E-state index contributed by atoms with van der Waals surface area (Å²) < 4.78 is 0. The molecule has 128 valence electrons. The Bertz CT molecular complexity index is 643. The van der Waals surface area contributed by atoms with Gasteiger partial charge in [-0.05, 0) is 45.1 Å². The molecule has 0 aromatic heterocycles. The van der Waals surface area contributed by atoms with Gasteiger partial charge >= 0.3 is 0 Å². The van der Waals surface area contributed by atoms with E-state index in [-0.39, 0.29) is 29.3 Å². The van der Waals surface area contributed by atoms with Crippen molar-refractivity contribution in [2.45, 2.75) is 51.6 Å². The van der Waals surface area contributed by atoms with E-state index >= 15 is 0 Å². The van der Waals surface area contributed by atoms with Gasteiger partial charge < -0.3 is 9.80 Å². The molecule has 1 aromatic carbocycles. The molecule has 4 rings (SSSR count). The molecule has 24 heavy (non-hydrogen) atoms. The van der Waals surface area contributed by atoms with E-state index in [4.69, 9.17) is 0 Å². The van der Waals surface area contributed by atoms with E-state index < -0.39 is 0 Å². The molecule has 1 unspecified atom stereocenters. The number of rotatable bonds is 3. The van der Waals surface area contributed by atoms with Crippen LogP contribution in [0.1, 0.15) is 51.1 Å². The van der Waals surface area contributed by atoms with Crippen LogP contribution in [0.15, 0.2) is 30.3 Å². The Kier molecular flexibility index (Phi) is 3.66. The lowest BCUT2D eigenvalue weighted by molar-refractivity contribution is -0.186. The van der Waals surface area contributed by atoms with Gasteiger partial charge in [0.05, 0.1) is 11.5 Å². The molecule has 0 N–H and O–H groups in total. The van der Waals surface area contributed by atoms with E-state index in [2.05, 4.69) is 38.1 Å². The van der Waals surface area contributed by atoms with Crippen LogP contribution in [0.3, 0.4) is 0 Å². The summed E-state index contributed by atoms with van der Waals surface area (Å²) in [4.78, 5) is 29.4. The summed E-state index contributed by atoms with van der Waals surface area (Å²) in [6.07, 6.45) is 3.69. The molecule has 1 saturated carbocycles. The van der Waals surface area contributed by atoms with Crippen molar-refractivity contribution in [3.8, 4) is 0 Å². The third-order valence-corrected chi connectivity index (χ3v) is 6.03. The first-order chi connectivity index (χ1) is 11.5. The molecule has 2 heterocycles. The minimum Gasteiger partial charge on any atom is -0.342 e. The molecule has 0 radical (unpaired) electrons. The summed E-state index contributed by atoms with van der Waals surface area (Å²) in [7, 11) is 0. The van der Waals surface area contributed by atoms with Crippen LogP contribution in [-0.4, -0.2) is 40.7 Å². The summed E-state index contributed by atoms with van der Waals surface area (Å²) in [5.41, 5.74) is 0.930. The topological polar surface area (TPSA) is 40.6 Å². The number of β-lactam (4-membered cyclic amide) rings is 1. The van der Waals surface area contributed by atoms with Crippen LogP contribution in [0, 0.1) is 11.3 Å². The van der Waals surface area contributed by atoms with Crippen LogP contribution >= 0.6 is 0 Å². The van der Waals surface area contributed by atoms with Gasteiger partial charge in [0.25, 0.3) is 0 Å². The molecule has 2 amide bonds. The van der Waals surface area contributed by atoms with Crippen molar-refractivity contribution in [1.82, 2.24) is 9.80 Å². The maximum atomic E-state index is 13.0. The molecule has 1 aromatic rings. The molecule has 4 nitrogen and oxygen atoms in total. The Labute approximate surface area is 143 Å². The second-order valence-electron chi connectivity index (χ2n) is 7.88. The van der Waals surface area contributed by atoms with Crippen LogP contribution in [-0.2, 0) is 9.59 Å². The van der Waals surface area contributed by atoms with E-state index in [1.807, 2.05) is 15.9 Å². The standard InChI is InChI=1S/C20H26N2O2/c1-14(2)22-17(15-6-4-3-5-7-15)20(19(22)24)10-12-21(13-11-20)18(23)16-8-9-16/h3-7,14,16-17H,8-13H2,1-2H3.